The third-order valence-electron chi connectivity index (χ3n) is 11.5. The summed E-state index contributed by atoms with van der Waals surface area (Å²) in [5.41, 5.74) is 2.14. The van der Waals surface area contributed by atoms with Crippen LogP contribution in [-0.2, 0) is 39.7 Å². The lowest BCUT2D eigenvalue weighted by Crippen LogP contribution is -2.60. The third-order valence-corrected chi connectivity index (χ3v) is 11.9. The van der Waals surface area contributed by atoms with Gasteiger partial charge in [0.15, 0.2) is 11.9 Å². The van der Waals surface area contributed by atoms with Crippen LogP contribution in [0.25, 0.3) is 0 Å². The SMILES string of the molecule is CC[C@H]1OC(=O)/C(C)=C/[C@H](C)[C@@H](O[C@@H]2O[C@H](C)C[C@H](N(C)C)[C@H]2O)[C@@](C)(OC)C[C@@H](C)C(=O)[C@H](C)[C@H]2N(NCCCc3ccccc3Cl)C(=O)O[C@]12C. The van der Waals surface area contributed by atoms with Crippen molar-refractivity contribution in [2.45, 2.75) is 141 Å². The summed E-state index contributed by atoms with van der Waals surface area (Å²) in [6.07, 6.45) is -0.0701. The van der Waals surface area contributed by atoms with E-state index in [1.165, 1.54) is 5.01 Å². The first-order valence-electron chi connectivity index (χ1n) is 19.0. The van der Waals surface area contributed by atoms with Gasteiger partial charge in [-0.1, -0.05) is 63.6 Å². The number of nitrogens with zero attached hydrogens (tertiary/aromatic N) is 2. The number of hydrogen-bond donors (Lipinski definition) is 2. The number of carbonyl (C=O) groups is 3. The minimum Gasteiger partial charge on any atom is -0.455 e. The summed E-state index contributed by atoms with van der Waals surface area (Å²) in [5, 5.41) is 13.5. The van der Waals surface area contributed by atoms with E-state index in [2.05, 4.69) is 5.43 Å². The lowest BCUT2D eigenvalue weighted by Gasteiger charge is -2.46. The third kappa shape index (κ3) is 9.45. The lowest BCUT2D eigenvalue weighted by atomic mass is 9.74. The van der Waals surface area contributed by atoms with Gasteiger partial charge in [-0.05, 0) is 85.5 Å². The highest BCUT2D eigenvalue weighted by Crippen LogP contribution is 2.42. The first-order chi connectivity index (χ1) is 24.9. The fourth-order valence-corrected chi connectivity index (χ4v) is 8.85. The number of aryl methyl sites for hydroxylation is 1. The van der Waals surface area contributed by atoms with Crippen LogP contribution in [0.5, 0.6) is 0 Å². The molecule has 1 aromatic carbocycles. The van der Waals surface area contributed by atoms with E-state index in [4.69, 9.17) is 35.3 Å². The Bertz CT molecular complexity index is 1480. The molecule has 2 fully saturated rings. The molecule has 0 bridgehead atoms. The average Bonchev–Trinajstić information content (AvgIpc) is 3.37. The number of esters is 1. The number of amides is 1. The number of benzene rings is 1. The van der Waals surface area contributed by atoms with Crippen LogP contribution in [-0.4, -0.2) is 115 Å². The first kappa shape index (κ1) is 43.2. The van der Waals surface area contributed by atoms with E-state index in [0.29, 0.717) is 42.8 Å². The van der Waals surface area contributed by atoms with Crippen LogP contribution in [0.4, 0.5) is 4.79 Å². The topological polar surface area (TPSA) is 136 Å². The van der Waals surface area contributed by atoms with Gasteiger partial charge in [0.1, 0.15) is 24.0 Å². The van der Waals surface area contributed by atoms with Crippen molar-refractivity contribution >= 4 is 29.4 Å². The number of cyclic esters (lactones) is 1. The Labute approximate surface area is 320 Å². The van der Waals surface area contributed by atoms with Crippen LogP contribution in [0.15, 0.2) is 35.9 Å². The predicted molar refractivity (Wildman–Crippen MR) is 202 cm³/mol. The Hall–Kier alpha value is -2.58. The first-order valence-corrected chi connectivity index (χ1v) is 19.4. The molecule has 12 nitrogen and oxygen atoms in total. The van der Waals surface area contributed by atoms with Crippen LogP contribution < -0.4 is 5.43 Å². The zero-order valence-electron chi connectivity index (χ0n) is 33.4. The minimum absolute atomic E-state index is 0.114. The van der Waals surface area contributed by atoms with E-state index in [1.807, 2.05) is 77.9 Å². The molecule has 0 unspecified atom stereocenters. The van der Waals surface area contributed by atoms with Gasteiger partial charge in [0.2, 0.25) is 0 Å². The normalized spacial score (nSPS) is 38.5. The fraction of sp³-hybridized carbons (Fsp3) is 0.725. The summed E-state index contributed by atoms with van der Waals surface area (Å²) in [4.78, 5) is 44.0. The van der Waals surface area contributed by atoms with Gasteiger partial charge in [-0.15, -0.1) is 0 Å². The molecule has 3 heterocycles. The molecule has 1 amide bonds. The van der Waals surface area contributed by atoms with Crippen molar-refractivity contribution < 1.29 is 43.2 Å². The Morgan fingerprint density at radius 1 is 1.11 bits per heavy atom. The Morgan fingerprint density at radius 2 is 1.79 bits per heavy atom. The molecule has 0 spiro atoms. The number of halogens is 1. The van der Waals surface area contributed by atoms with Crippen molar-refractivity contribution in [1.82, 2.24) is 15.3 Å². The highest BCUT2D eigenvalue weighted by molar-refractivity contribution is 6.31. The number of ketones is 1. The summed E-state index contributed by atoms with van der Waals surface area (Å²) in [6.45, 7) is 15.1. The molecule has 2 saturated heterocycles. The minimum atomic E-state index is -1.35. The number of hydrazine groups is 1. The summed E-state index contributed by atoms with van der Waals surface area (Å²) >= 11 is 6.38. The van der Waals surface area contributed by atoms with Crippen molar-refractivity contribution in [3.8, 4) is 0 Å². The van der Waals surface area contributed by atoms with Crippen LogP contribution in [0.1, 0.15) is 86.6 Å². The zero-order valence-corrected chi connectivity index (χ0v) is 34.1. The number of ether oxygens (including phenoxy) is 5. The van der Waals surface area contributed by atoms with Gasteiger partial charge in [-0.2, -0.15) is 0 Å². The van der Waals surface area contributed by atoms with Gasteiger partial charge in [-0.25, -0.2) is 20.0 Å². The zero-order chi connectivity index (χ0) is 39.4. The van der Waals surface area contributed by atoms with Crippen LogP contribution in [0.2, 0.25) is 5.02 Å². The Morgan fingerprint density at radius 3 is 2.42 bits per heavy atom. The second-order valence-corrected chi connectivity index (χ2v) is 16.3. The van der Waals surface area contributed by atoms with Crippen LogP contribution >= 0.6 is 11.6 Å². The van der Waals surface area contributed by atoms with Gasteiger partial charge < -0.3 is 33.7 Å². The van der Waals surface area contributed by atoms with Crippen molar-refractivity contribution in [2.24, 2.45) is 17.8 Å². The van der Waals surface area contributed by atoms with Crippen molar-refractivity contribution in [3.05, 3.63) is 46.5 Å². The van der Waals surface area contributed by atoms with Crippen molar-refractivity contribution in [3.63, 3.8) is 0 Å². The molecule has 13 heteroatoms. The number of likely N-dealkylation sites (N-methyl/N-ethyl adjacent to an activating group) is 1. The summed E-state index contributed by atoms with van der Waals surface area (Å²) in [7, 11) is 5.39. The van der Waals surface area contributed by atoms with Crippen LogP contribution in [0.3, 0.4) is 0 Å². The molecule has 2 N–H and O–H groups in total. The monoisotopic (exact) mass is 763 g/mol. The second kappa shape index (κ2) is 17.9. The predicted octanol–water partition coefficient (Wildman–Crippen LogP) is 5.72. The molecule has 3 aliphatic rings. The molecule has 1 aromatic rings. The number of methoxy groups -OCH3 is 1. The average molecular weight is 764 g/mol. The molecule has 4 rings (SSSR count). The summed E-state index contributed by atoms with van der Waals surface area (Å²) in [6, 6.07) is 6.61. The van der Waals surface area contributed by atoms with Crippen molar-refractivity contribution in [1.29, 1.82) is 0 Å². The van der Waals surface area contributed by atoms with E-state index < -0.39 is 71.7 Å². The Balaban J connectivity index is 1.70. The lowest BCUT2D eigenvalue weighted by molar-refractivity contribution is -0.294. The largest absolute Gasteiger partial charge is 0.455 e. The smallest absolute Gasteiger partial charge is 0.425 e. The molecule has 3 aliphatic heterocycles. The fourth-order valence-electron chi connectivity index (χ4n) is 8.62. The van der Waals surface area contributed by atoms with E-state index >= 15 is 0 Å². The number of Topliss-reactive ketones (excluding diaryl/α,β-unsaturated/α-hetero) is 1. The van der Waals surface area contributed by atoms with Gasteiger partial charge in [0, 0.05) is 48.0 Å². The molecule has 0 aromatic heterocycles. The van der Waals surface area contributed by atoms with Gasteiger partial charge >= 0.3 is 12.1 Å². The number of nitrogens with one attached hydrogen (secondary N) is 1. The molecular formula is C40H62ClN3O9. The van der Waals surface area contributed by atoms with Crippen molar-refractivity contribution in [2.75, 3.05) is 27.7 Å². The maximum absolute atomic E-state index is 14.6. The quantitative estimate of drug-likeness (QED) is 0.224. The van der Waals surface area contributed by atoms with E-state index in [-0.39, 0.29) is 24.3 Å². The van der Waals surface area contributed by atoms with E-state index in [1.54, 1.807) is 34.0 Å². The van der Waals surface area contributed by atoms with Gasteiger partial charge in [-0.3, -0.25) is 4.79 Å². The molecule has 0 saturated carbocycles. The maximum Gasteiger partial charge on any atom is 0.425 e. The van der Waals surface area contributed by atoms with Crippen LogP contribution in [0, 0.1) is 17.8 Å². The highest BCUT2D eigenvalue weighted by Gasteiger charge is 2.60. The Kier molecular flexibility index (Phi) is 14.6. The van der Waals surface area contributed by atoms with E-state index in [9.17, 15) is 19.5 Å². The number of carbonyl (C=O) groups excluding carboxylic acids is 3. The van der Waals surface area contributed by atoms with E-state index in [0.717, 1.165) is 5.56 Å². The van der Waals surface area contributed by atoms with Gasteiger partial charge in [0.25, 0.3) is 0 Å². The number of aliphatic hydroxyl groups excluding tert-OH is 1. The molecular weight excluding hydrogens is 702 g/mol. The summed E-state index contributed by atoms with van der Waals surface area (Å²) in [5.74, 6) is -2.44. The second-order valence-electron chi connectivity index (χ2n) is 15.9. The molecule has 298 valence electrons. The highest BCUT2D eigenvalue weighted by atomic mass is 35.5. The number of aliphatic hydroxyl groups is 1. The maximum atomic E-state index is 14.6. The molecule has 12 atom stereocenters. The standard InChI is InChI=1S/C40H62ClN3O9/c1-12-31-40(8)34(44(38(48)53-40)42-19-15-17-28-16-13-14-18-29(28)41)27(6)32(45)25(4)22-39(7,49-11)35(23(2)20-24(3)36(47)51-31)52-37-33(46)30(43(9)10)21-26(5)50-37/h13-14,16,18,20,23,25-27,30-31,33-35,37,42,46H,12,15,17,19,21-22H2,1-11H3/b24-20+/t23-,25+,26+,27-,30-,31+,33+,34+,35+,37-,39-,40+/m0/s1. The molecule has 0 radical (unpaired) electrons. The number of rotatable bonds is 10. The van der Waals surface area contributed by atoms with Gasteiger partial charge in [0.05, 0.1) is 17.8 Å². The molecule has 0 aliphatic carbocycles. The molecule has 53 heavy (non-hydrogen) atoms. The summed E-state index contributed by atoms with van der Waals surface area (Å²) < 4.78 is 31.3. The number of fused-ring (bicyclic) bond motifs is 1. The number of hydrogen-bond acceptors (Lipinski definition) is 11.